The fraction of sp³-hybridized carbons (Fsp3) is 0.615. The van der Waals surface area contributed by atoms with Crippen molar-refractivity contribution >= 4 is 5.97 Å². The molecule has 0 atom stereocenters. The van der Waals surface area contributed by atoms with Crippen LogP contribution in [0.25, 0.3) is 0 Å². The monoisotopic (exact) mass is 223 g/mol. The summed E-state index contributed by atoms with van der Waals surface area (Å²) in [6.45, 7) is 6.99. The van der Waals surface area contributed by atoms with Gasteiger partial charge in [-0.1, -0.05) is 13.3 Å². The summed E-state index contributed by atoms with van der Waals surface area (Å²) in [7, 11) is 0. The van der Waals surface area contributed by atoms with Crippen molar-refractivity contribution in [1.29, 1.82) is 0 Å². The molecule has 1 N–H and O–H groups in total. The highest BCUT2D eigenvalue weighted by Gasteiger charge is 2.12. The van der Waals surface area contributed by atoms with Crippen LogP contribution < -0.4 is 5.32 Å². The van der Waals surface area contributed by atoms with E-state index in [-0.39, 0.29) is 5.97 Å². The largest absolute Gasteiger partial charge is 0.463 e. The van der Waals surface area contributed by atoms with E-state index in [4.69, 9.17) is 11.2 Å². The van der Waals surface area contributed by atoms with Crippen LogP contribution >= 0.6 is 0 Å². The van der Waals surface area contributed by atoms with Crippen molar-refractivity contribution in [3.8, 4) is 12.3 Å². The maximum Gasteiger partial charge on any atom is 0.336 e. The number of rotatable bonds is 7. The molecule has 0 aromatic heterocycles. The summed E-state index contributed by atoms with van der Waals surface area (Å²) >= 11 is 0. The summed E-state index contributed by atoms with van der Waals surface area (Å²) in [5.74, 6) is 2.16. The third-order valence-corrected chi connectivity index (χ3v) is 2.17. The van der Waals surface area contributed by atoms with Gasteiger partial charge in [0.05, 0.1) is 12.2 Å². The fourth-order valence-electron chi connectivity index (χ4n) is 1.24. The number of nitrogens with one attached hydrogen (secondary N) is 1. The van der Waals surface area contributed by atoms with Crippen LogP contribution in [0.2, 0.25) is 0 Å². The van der Waals surface area contributed by atoms with Gasteiger partial charge >= 0.3 is 5.97 Å². The molecule has 0 spiro atoms. The third kappa shape index (κ3) is 5.45. The molecular formula is C13H21NO2. The van der Waals surface area contributed by atoms with Crippen LogP contribution in [0.1, 0.15) is 40.0 Å². The van der Waals surface area contributed by atoms with Gasteiger partial charge in [0.25, 0.3) is 0 Å². The Morgan fingerprint density at radius 1 is 1.44 bits per heavy atom. The lowest BCUT2D eigenvalue weighted by atomic mass is 10.1. The van der Waals surface area contributed by atoms with E-state index in [0.717, 1.165) is 25.1 Å². The minimum atomic E-state index is -0.318. The zero-order valence-electron chi connectivity index (χ0n) is 10.4. The summed E-state index contributed by atoms with van der Waals surface area (Å²) in [5.41, 5.74) is 1.38. The van der Waals surface area contributed by atoms with Crippen LogP contribution in [0, 0.1) is 12.3 Å². The number of carbonyl (C=O) groups excluding carboxylic acids is 1. The van der Waals surface area contributed by atoms with Gasteiger partial charge in [-0.3, -0.25) is 0 Å². The number of hydrogen-bond acceptors (Lipinski definition) is 3. The minimum absolute atomic E-state index is 0.309. The van der Waals surface area contributed by atoms with Crippen LogP contribution in [-0.2, 0) is 9.53 Å². The van der Waals surface area contributed by atoms with Gasteiger partial charge in [-0.25, -0.2) is 4.79 Å². The van der Waals surface area contributed by atoms with Crippen molar-refractivity contribution in [3.05, 3.63) is 11.3 Å². The number of carbonyl (C=O) groups is 1. The van der Waals surface area contributed by atoms with E-state index < -0.39 is 0 Å². The number of hydrogen-bond donors (Lipinski definition) is 1. The number of ether oxygens (including phenoxy) is 1. The molecule has 0 bridgehead atoms. The third-order valence-electron chi connectivity index (χ3n) is 2.17. The number of terminal acetylenes is 1. The van der Waals surface area contributed by atoms with Crippen molar-refractivity contribution in [1.82, 2.24) is 5.32 Å². The summed E-state index contributed by atoms with van der Waals surface area (Å²) in [5, 5.41) is 3.19. The van der Waals surface area contributed by atoms with Crippen LogP contribution in [0.4, 0.5) is 0 Å². The average Bonchev–Trinajstić information content (AvgIpc) is 2.26. The van der Waals surface area contributed by atoms with Gasteiger partial charge in [0.15, 0.2) is 0 Å². The standard InChI is InChI=1S/C13H21NO2/c1-5-8-10-14-11(4)12(9-6-2)13(15)16-7-3/h2,14H,5,7-10H2,1,3-4H3/b12-11+. The lowest BCUT2D eigenvalue weighted by Crippen LogP contribution is -2.19. The predicted molar refractivity (Wildman–Crippen MR) is 65.7 cm³/mol. The maximum atomic E-state index is 11.6. The van der Waals surface area contributed by atoms with E-state index in [2.05, 4.69) is 18.2 Å². The first kappa shape index (κ1) is 14.6. The molecule has 0 aliphatic carbocycles. The Hall–Kier alpha value is -1.43. The Bertz CT molecular complexity index is 287. The zero-order valence-corrected chi connectivity index (χ0v) is 10.4. The molecule has 0 heterocycles. The van der Waals surface area contributed by atoms with E-state index in [1.54, 1.807) is 6.92 Å². The molecule has 0 saturated carbocycles. The van der Waals surface area contributed by atoms with E-state index in [9.17, 15) is 4.79 Å². The molecule has 0 saturated heterocycles. The van der Waals surface area contributed by atoms with E-state index >= 15 is 0 Å². The van der Waals surface area contributed by atoms with Crippen molar-refractivity contribution in [2.45, 2.75) is 40.0 Å². The SMILES string of the molecule is C#CC/C(C(=O)OCC)=C(/C)NCCCC. The first-order valence-corrected chi connectivity index (χ1v) is 5.71. The molecule has 90 valence electrons. The molecule has 0 aliphatic rings. The molecule has 0 aliphatic heterocycles. The van der Waals surface area contributed by atoms with Gasteiger partial charge < -0.3 is 10.1 Å². The highest BCUT2D eigenvalue weighted by Crippen LogP contribution is 2.08. The highest BCUT2D eigenvalue weighted by molar-refractivity contribution is 5.89. The molecule has 0 aromatic carbocycles. The van der Waals surface area contributed by atoms with Gasteiger partial charge in [0, 0.05) is 18.7 Å². The Labute approximate surface area is 98.3 Å². The van der Waals surface area contributed by atoms with Crippen molar-refractivity contribution in [2.24, 2.45) is 0 Å². The highest BCUT2D eigenvalue weighted by atomic mass is 16.5. The molecule has 0 unspecified atom stereocenters. The van der Waals surface area contributed by atoms with Gasteiger partial charge in [-0.05, 0) is 20.3 Å². The maximum absolute atomic E-state index is 11.6. The minimum Gasteiger partial charge on any atom is -0.463 e. The average molecular weight is 223 g/mol. The van der Waals surface area contributed by atoms with E-state index in [1.165, 1.54) is 0 Å². The van der Waals surface area contributed by atoms with E-state index in [0.29, 0.717) is 18.6 Å². The number of unbranched alkanes of at least 4 members (excludes halogenated alkanes) is 1. The molecule has 0 radical (unpaired) electrons. The number of allylic oxidation sites excluding steroid dienone is 1. The van der Waals surface area contributed by atoms with Crippen LogP contribution in [0.5, 0.6) is 0 Å². The van der Waals surface area contributed by atoms with Crippen LogP contribution in [-0.4, -0.2) is 19.1 Å². The smallest absolute Gasteiger partial charge is 0.336 e. The molecule has 16 heavy (non-hydrogen) atoms. The molecule has 0 aromatic rings. The lowest BCUT2D eigenvalue weighted by Gasteiger charge is -2.11. The van der Waals surface area contributed by atoms with Crippen LogP contribution in [0.15, 0.2) is 11.3 Å². The lowest BCUT2D eigenvalue weighted by molar-refractivity contribution is -0.138. The molecule has 0 rings (SSSR count). The topological polar surface area (TPSA) is 38.3 Å². The Balaban J connectivity index is 4.52. The summed E-state index contributed by atoms with van der Waals surface area (Å²) in [4.78, 5) is 11.6. The predicted octanol–water partition coefficient (Wildman–Crippen LogP) is 2.24. The second kappa shape index (κ2) is 8.84. The first-order chi connectivity index (χ1) is 7.67. The Kier molecular flexibility index (Phi) is 8.05. The second-order valence-corrected chi connectivity index (χ2v) is 3.49. The summed E-state index contributed by atoms with van der Waals surface area (Å²) in [6.07, 6.45) is 7.73. The van der Waals surface area contributed by atoms with Crippen molar-refractivity contribution in [2.75, 3.05) is 13.2 Å². The summed E-state index contributed by atoms with van der Waals surface area (Å²) < 4.78 is 4.95. The normalized spacial score (nSPS) is 11.4. The quantitative estimate of drug-likeness (QED) is 0.311. The second-order valence-electron chi connectivity index (χ2n) is 3.49. The first-order valence-electron chi connectivity index (χ1n) is 5.71. The number of esters is 1. The molecule has 3 heteroatoms. The van der Waals surface area contributed by atoms with Crippen molar-refractivity contribution < 1.29 is 9.53 Å². The zero-order chi connectivity index (χ0) is 12.4. The summed E-state index contributed by atoms with van der Waals surface area (Å²) in [6, 6.07) is 0. The van der Waals surface area contributed by atoms with Gasteiger partial charge in [0.1, 0.15) is 0 Å². The molecule has 0 amide bonds. The molecular weight excluding hydrogens is 202 g/mol. The van der Waals surface area contributed by atoms with Crippen molar-refractivity contribution in [3.63, 3.8) is 0 Å². The molecule has 3 nitrogen and oxygen atoms in total. The van der Waals surface area contributed by atoms with Gasteiger partial charge in [0.2, 0.25) is 0 Å². The Morgan fingerprint density at radius 3 is 2.62 bits per heavy atom. The molecule has 0 fully saturated rings. The van der Waals surface area contributed by atoms with E-state index in [1.807, 2.05) is 6.92 Å². The fourth-order valence-corrected chi connectivity index (χ4v) is 1.24. The van der Waals surface area contributed by atoms with Crippen LogP contribution in [0.3, 0.4) is 0 Å². The van der Waals surface area contributed by atoms with Gasteiger partial charge in [-0.2, -0.15) is 0 Å². The van der Waals surface area contributed by atoms with Gasteiger partial charge in [-0.15, -0.1) is 12.3 Å². The Morgan fingerprint density at radius 2 is 2.12 bits per heavy atom.